The molecule has 0 spiro atoms. The van der Waals surface area contributed by atoms with Crippen LogP contribution in [0.5, 0.6) is 5.75 Å². The van der Waals surface area contributed by atoms with Gasteiger partial charge in [-0.25, -0.2) is 0 Å². The highest BCUT2D eigenvalue weighted by molar-refractivity contribution is 5.12. The summed E-state index contributed by atoms with van der Waals surface area (Å²) < 4.78 is 2.00. The van der Waals surface area contributed by atoms with E-state index in [2.05, 4.69) is 4.98 Å². The minimum atomic E-state index is 0.287. The molecule has 0 atom stereocenters. The Hall–Kier alpha value is -1.64. The van der Waals surface area contributed by atoms with E-state index >= 15 is 0 Å². The maximum absolute atomic E-state index is 8.44. The molecule has 3 heteroatoms. The summed E-state index contributed by atoms with van der Waals surface area (Å²) in [7, 11) is 2.00. The molecule has 0 aromatic carbocycles. The molecule has 12 heavy (non-hydrogen) atoms. The van der Waals surface area contributed by atoms with Crippen molar-refractivity contribution in [2.45, 2.75) is 0 Å². The van der Waals surface area contributed by atoms with Crippen molar-refractivity contribution >= 4 is 0 Å². The molecule has 0 aliphatic heterocycles. The maximum atomic E-state index is 8.44. The summed E-state index contributed by atoms with van der Waals surface area (Å²) in [5.41, 5.74) is 0. The summed E-state index contributed by atoms with van der Waals surface area (Å²) in [6.07, 6.45) is 7.18. The SMILES string of the molecule is Cn1cccc1.Oc1cc[nH]c1. The monoisotopic (exact) mass is 164 g/mol. The Kier molecular flexibility index (Phi) is 3.02. The average Bonchev–Trinajstić information content (AvgIpc) is 2.63. The molecule has 0 fully saturated rings. The highest BCUT2D eigenvalue weighted by Gasteiger charge is 1.76. The van der Waals surface area contributed by atoms with Gasteiger partial charge in [-0.15, -0.1) is 0 Å². The Morgan fingerprint density at radius 2 is 2.00 bits per heavy atom. The number of nitrogens with one attached hydrogen (secondary N) is 1. The van der Waals surface area contributed by atoms with Gasteiger partial charge < -0.3 is 14.7 Å². The van der Waals surface area contributed by atoms with E-state index < -0.39 is 0 Å². The van der Waals surface area contributed by atoms with Crippen molar-refractivity contribution in [3.63, 3.8) is 0 Å². The molecule has 2 N–H and O–H groups in total. The second kappa shape index (κ2) is 4.28. The van der Waals surface area contributed by atoms with Crippen LogP contribution in [0.3, 0.4) is 0 Å². The Morgan fingerprint density at radius 1 is 1.33 bits per heavy atom. The second-order valence-electron chi connectivity index (χ2n) is 2.42. The third kappa shape index (κ3) is 2.96. The molecule has 2 aromatic heterocycles. The van der Waals surface area contributed by atoms with Gasteiger partial charge in [-0.3, -0.25) is 0 Å². The number of aromatic nitrogens is 2. The van der Waals surface area contributed by atoms with Crippen LogP contribution < -0.4 is 0 Å². The van der Waals surface area contributed by atoms with E-state index in [4.69, 9.17) is 5.11 Å². The Bertz CT molecular complexity index is 252. The largest absolute Gasteiger partial charge is 0.506 e. The number of H-pyrrole nitrogens is 1. The summed E-state index contributed by atoms with van der Waals surface area (Å²) in [6.45, 7) is 0. The second-order valence-corrected chi connectivity index (χ2v) is 2.42. The van der Waals surface area contributed by atoms with Crippen LogP contribution in [0, 0.1) is 0 Å². The number of rotatable bonds is 0. The van der Waals surface area contributed by atoms with E-state index in [-0.39, 0.29) is 5.75 Å². The Labute approximate surface area is 71.3 Å². The molecule has 2 rings (SSSR count). The number of aromatic amines is 1. The fourth-order valence-corrected chi connectivity index (χ4v) is 0.736. The zero-order valence-corrected chi connectivity index (χ0v) is 6.94. The predicted octanol–water partition coefficient (Wildman–Crippen LogP) is 1.75. The molecule has 2 aromatic rings. The van der Waals surface area contributed by atoms with Gasteiger partial charge in [-0.05, 0) is 18.2 Å². The smallest absolute Gasteiger partial charge is 0.132 e. The molecule has 2 heterocycles. The molecular formula is C9H12N2O. The van der Waals surface area contributed by atoms with Crippen LogP contribution in [0.25, 0.3) is 0 Å². The van der Waals surface area contributed by atoms with Gasteiger partial charge in [0.1, 0.15) is 5.75 Å². The van der Waals surface area contributed by atoms with E-state index in [0.717, 1.165) is 0 Å². The highest BCUT2D eigenvalue weighted by Crippen LogP contribution is 2.00. The molecule has 0 saturated carbocycles. The van der Waals surface area contributed by atoms with Gasteiger partial charge in [0.2, 0.25) is 0 Å². The van der Waals surface area contributed by atoms with Crippen molar-refractivity contribution in [1.29, 1.82) is 0 Å². The first kappa shape index (κ1) is 8.46. The lowest BCUT2D eigenvalue weighted by atomic mass is 10.6. The first-order valence-corrected chi connectivity index (χ1v) is 3.68. The molecule has 0 unspecified atom stereocenters. The van der Waals surface area contributed by atoms with Crippen LogP contribution in [0.4, 0.5) is 0 Å². The molecule has 0 amide bonds. The quantitative estimate of drug-likeness (QED) is 0.611. The van der Waals surface area contributed by atoms with Crippen LogP contribution in [0.15, 0.2) is 43.0 Å². The summed E-state index contributed by atoms with van der Waals surface area (Å²) >= 11 is 0. The third-order valence-electron chi connectivity index (χ3n) is 1.34. The molecule has 0 radical (unpaired) electrons. The van der Waals surface area contributed by atoms with Crippen LogP contribution in [0.1, 0.15) is 0 Å². The fraction of sp³-hybridized carbons (Fsp3) is 0.111. The number of aryl methyl sites for hydroxylation is 1. The van der Waals surface area contributed by atoms with Gasteiger partial charge in [0.05, 0.1) is 0 Å². The minimum absolute atomic E-state index is 0.287. The number of hydrogen-bond acceptors (Lipinski definition) is 1. The predicted molar refractivity (Wildman–Crippen MR) is 47.9 cm³/mol. The van der Waals surface area contributed by atoms with Crippen molar-refractivity contribution in [2.75, 3.05) is 0 Å². The fourth-order valence-electron chi connectivity index (χ4n) is 0.736. The number of aromatic hydroxyl groups is 1. The van der Waals surface area contributed by atoms with Crippen LogP contribution in [-0.2, 0) is 7.05 Å². The molecule has 0 aliphatic rings. The van der Waals surface area contributed by atoms with Crippen molar-refractivity contribution in [1.82, 2.24) is 9.55 Å². The zero-order valence-electron chi connectivity index (χ0n) is 6.94. The summed E-state index contributed by atoms with van der Waals surface area (Å²) in [6, 6.07) is 5.58. The lowest BCUT2D eigenvalue weighted by Gasteiger charge is -1.79. The molecule has 0 aliphatic carbocycles. The van der Waals surface area contributed by atoms with Crippen LogP contribution in [-0.4, -0.2) is 14.7 Å². The maximum Gasteiger partial charge on any atom is 0.132 e. The lowest BCUT2D eigenvalue weighted by Crippen LogP contribution is -1.75. The van der Waals surface area contributed by atoms with Gasteiger partial charge in [-0.2, -0.15) is 0 Å². The van der Waals surface area contributed by atoms with Crippen molar-refractivity contribution in [3.8, 4) is 5.75 Å². The standard InChI is InChI=1S/C5H7N.C4H5NO/c1-6-4-2-3-5-6;6-4-1-2-5-3-4/h2-5H,1H3;1-3,5-6H. The third-order valence-corrected chi connectivity index (χ3v) is 1.34. The average molecular weight is 164 g/mol. The van der Waals surface area contributed by atoms with E-state index in [9.17, 15) is 0 Å². The van der Waals surface area contributed by atoms with Crippen molar-refractivity contribution in [3.05, 3.63) is 43.0 Å². The van der Waals surface area contributed by atoms with Crippen molar-refractivity contribution < 1.29 is 5.11 Å². The van der Waals surface area contributed by atoms with E-state index in [1.54, 1.807) is 12.3 Å². The van der Waals surface area contributed by atoms with Crippen LogP contribution >= 0.6 is 0 Å². The van der Waals surface area contributed by atoms with Crippen molar-refractivity contribution in [2.24, 2.45) is 7.05 Å². The number of hydrogen-bond donors (Lipinski definition) is 2. The van der Waals surface area contributed by atoms with Gasteiger partial charge in [-0.1, -0.05) is 0 Å². The minimum Gasteiger partial charge on any atom is -0.506 e. The number of nitrogens with zero attached hydrogens (tertiary/aromatic N) is 1. The van der Waals surface area contributed by atoms with Gasteiger partial charge >= 0.3 is 0 Å². The van der Waals surface area contributed by atoms with E-state index in [1.165, 1.54) is 6.20 Å². The highest BCUT2D eigenvalue weighted by atomic mass is 16.3. The van der Waals surface area contributed by atoms with Gasteiger partial charge in [0.15, 0.2) is 0 Å². The summed E-state index contributed by atoms with van der Waals surface area (Å²) in [4.78, 5) is 2.68. The summed E-state index contributed by atoms with van der Waals surface area (Å²) in [5.74, 6) is 0.287. The van der Waals surface area contributed by atoms with Gasteiger partial charge in [0.25, 0.3) is 0 Å². The molecule has 64 valence electrons. The molecule has 0 bridgehead atoms. The molecular weight excluding hydrogens is 152 g/mol. The first-order valence-electron chi connectivity index (χ1n) is 3.68. The normalized spacial score (nSPS) is 8.75. The lowest BCUT2D eigenvalue weighted by molar-refractivity contribution is 0.476. The van der Waals surface area contributed by atoms with Crippen LogP contribution in [0.2, 0.25) is 0 Å². The van der Waals surface area contributed by atoms with E-state index in [1.807, 2.05) is 36.1 Å². The topological polar surface area (TPSA) is 41.0 Å². The zero-order chi connectivity index (χ0) is 8.81. The Morgan fingerprint density at radius 3 is 2.17 bits per heavy atom. The summed E-state index contributed by atoms with van der Waals surface area (Å²) in [5, 5.41) is 8.44. The molecule has 0 saturated heterocycles. The van der Waals surface area contributed by atoms with E-state index in [0.29, 0.717) is 0 Å². The Balaban J connectivity index is 0.000000120. The first-order chi connectivity index (χ1) is 5.79. The molecule has 3 nitrogen and oxygen atoms in total. The van der Waals surface area contributed by atoms with Gasteiger partial charge in [0, 0.05) is 31.8 Å².